The van der Waals surface area contributed by atoms with Crippen molar-refractivity contribution >= 4 is 0 Å². The molecule has 0 radical (unpaired) electrons. The normalized spacial score (nSPS) is 27.0. The highest BCUT2D eigenvalue weighted by Gasteiger charge is 2.30. The average Bonchev–Trinajstić information content (AvgIpc) is 2.30. The van der Waals surface area contributed by atoms with E-state index in [1.165, 1.54) is 38.8 Å². The third-order valence-electron chi connectivity index (χ3n) is 4.18. The molecule has 2 nitrogen and oxygen atoms in total. The molecular formula is C15H32N2. The molecule has 2 unspecified atom stereocenters. The largest absolute Gasteiger partial charge is 0.311 e. The van der Waals surface area contributed by atoms with Gasteiger partial charge in [-0.1, -0.05) is 34.6 Å². The summed E-state index contributed by atoms with van der Waals surface area (Å²) in [7, 11) is 0. The van der Waals surface area contributed by atoms with E-state index in [0.717, 1.165) is 18.0 Å². The third kappa shape index (κ3) is 4.26. The number of rotatable bonds is 6. The van der Waals surface area contributed by atoms with Crippen LogP contribution in [-0.4, -0.2) is 36.1 Å². The molecular weight excluding hydrogens is 208 g/mol. The predicted octanol–water partition coefficient (Wildman–Crippen LogP) is 3.27. The van der Waals surface area contributed by atoms with E-state index in [9.17, 15) is 0 Å². The zero-order chi connectivity index (χ0) is 12.8. The van der Waals surface area contributed by atoms with Crippen molar-refractivity contribution in [2.24, 2.45) is 5.92 Å². The Balaban J connectivity index is 2.60. The summed E-state index contributed by atoms with van der Waals surface area (Å²) in [6.07, 6.45) is 5.17. The molecule has 102 valence electrons. The van der Waals surface area contributed by atoms with Gasteiger partial charge in [-0.05, 0) is 31.6 Å². The Hall–Kier alpha value is -0.0800. The van der Waals surface area contributed by atoms with Crippen LogP contribution in [0, 0.1) is 5.92 Å². The van der Waals surface area contributed by atoms with Crippen LogP contribution in [0.1, 0.15) is 60.3 Å². The van der Waals surface area contributed by atoms with Crippen LogP contribution in [-0.2, 0) is 0 Å². The van der Waals surface area contributed by atoms with Gasteiger partial charge in [-0.15, -0.1) is 0 Å². The topological polar surface area (TPSA) is 15.3 Å². The standard InChI is InChI=1S/C15H32N2/c1-6-14(7-2)17-11-13(9-12(4)5)16-10-15(17)8-3/h12-16H,6-11H2,1-5H3. The molecule has 1 heterocycles. The van der Waals surface area contributed by atoms with E-state index in [-0.39, 0.29) is 0 Å². The minimum absolute atomic E-state index is 0.707. The van der Waals surface area contributed by atoms with Gasteiger partial charge in [-0.2, -0.15) is 0 Å². The lowest BCUT2D eigenvalue weighted by atomic mass is 9.96. The molecule has 17 heavy (non-hydrogen) atoms. The van der Waals surface area contributed by atoms with Gasteiger partial charge in [0, 0.05) is 31.2 Å². The molecule has 0 saturated carbocycles. The highest BCUT2D eigenvalue weighted by Crippen LogP contribution is 2.20. The monoisotopic (exact) mass is 240 g/mol. The van der Waals surface area contributed by atoms with Gasteiger partial charge in [-0.25, -0.2) is 0 Å². The van der Waals surface area contributed by atoms with Crippen molar-refractivity contribution in [1.82, 2.24) is 10.2 Å². The van der Waals surface area contributed by atoms with E-state index in [4.69, 9.17) is 0 Å². The maximum absolute atomic E-state index is 3.74. The number of piperazine rings is 1. The lowest BCUT2D eigenvalue weighted by Gasteiger charge is -2.44. The van der Waals surface area contributed by atoms with Crippen LogP contribution in [0.2, 0.25) is 0 Å². The number of nitrogens with one attached hydrogen (secondary N) is 1. The summed E-state index contributed by atoms with van der Waals surface area (Å²) in [6.45, 7) is 14.1. The van der Waals surface area contributed by atoms with Crippen molar-refractivity contribution < 1.29 is 0 Å². The fourth-order valence-corrected chi connectivity index (χ4v) is 3.20. The summed E-state index contributed by atoms with van der Waals surface area (Å²) in [5.41, 5.74) is 0. The van der Waals surface area contributed by atoms with Gasteiger partial charge in [0.15, 0.2) is 0 Å². The van der Waals surface area contributed by atoms with E-state index in [1.54, 1.807) is 0 Å². The molecule has 0 aromatic rings. The Kier molecular flexibility index (Phi) is 6.50. The molecule has 1 N–H and O–H groups in total. The van der Waals surface area contributed by atoms with E-state index in [2.05, 4.69) is 44.8 Å². The van der Waals surface area contributed by atoms with Crippen molar-refractivity contribution in [2.75, 3.05) is 13.1 Å². The second-order valence-corrected chi connectivity index (χ2v) is 5.96. The Morgan fingerprint density at radius 3 is 2.29 bits per heavy atom. The van der Waals surface area contributed by atoms with Gasteiger partial charge in [-0.3, -0.25) is 4.90 Å². The molecule has 0 bridgehead atoms. The number of hydrogen-bond acceptors (Lipinski definition) is 2. The summed E-state index contributed by atoms with van der Waals surface area (Å²) in [5, 5.41) is 3.74. The van der Waals surface area contributed by atoms with Crippen molar-refractivity contribution in [3.8, 4) is 0 Å². The molecule has 1 aliphatic heterocycles. The lowest BCUT2D eigenvalue weighted by Crippen LogP contribution is -2.59. The van der Waals surface area contributed by atoms with Crippen LogP contribution in [0.5, 0.6) is 0 Å². The highest BCUT2D eigenvalue weighted by molar-refractivity contribution is 4.89. The van der Waals surface area contributed by atoms with Crippen molar-refractivity contribution in [1.29, 1.82) is 0 Å². The quantitative estimate of drug-likeness (QED) is 0.766. The summed E-state index contributed by atoms with van der Waals surface area (Å²) in [6, 6.07) is 2.25. The maximum Gasteiger partial charge on any atom is 0.0221 e. The first-order valence-corrected chi connectivity index (χ1v) is 7.61. The summed E-state index contributed by atoms with van der Waals surface area (Å²) >= 11 is 0. The average molecular weight is 240 g/mol. The SMILES string of the molecule is CCC(CC)N1CC(CC(C)C)NCC1CC. The van der Waals surface area contributed by atoms with Gasteiger partial charge in [0.25, 0.3) is 0 Å². The highest BCUT2D eigenvalue weighted by atomic mass is 15.3. The molecule has 1 rings (SSSR count). The van der Waals surface area contributed by atoms with E-state index in [0.29, 0.717) is 6.04 Å². The predicted molar refractivity (Wildman–Crippen MR) is 76.4 cm³/mol. The lowest BCUT2D eigenvalue weighted by molar-refractivity contribution is 0.0690. The Labute approximate surface area is 108 Å². The molecule has 2 atom stereocenters. The van der Waals surface area contributed by atoms with E-state index in [1.807, 2.05) is 0 Å². The van der Waals surface area contributed by atoms with Gasteiger partial charge in [0.1, 0.15) is 0 Å². The van der Waals surface area contributed by atoms with Crippen LogP contribution in [0.3, 0.4) is 0 Å². The van der Waals surface area contributed by atoms with Gasteiger partial charge >= 0.3 is 0 Å². The van der Waals surface area contributed by atoms with E-state index < -0.39 is 0 Å². The molecule has 0 amide bonds. The van der Waals surface area contributed by atoms with Crippen LogP contribution in [0.4, 0.5) is 0 Å². The maximum atomic E-state index is 3.74. The molecule has 0 aromatic heterocycles. The van der Waals surface area contributed by atoms with Crippen molar-refractivity contribution in [3.05, 3.63) is 0 Å². The summed E-state index contributed by atoms with van der Waals surface area (Å²) < 4.78 is 0. The van der Waals surface area contributed by atoms with Gasteiger partial charge in [0.2, 0.25) is 0 Å². The molecule has 0 aromatic carbocycles. The zero-order valence-corrected chi connectivity index (χ0v) is 12.5. The fourth-order valence-electron chi connectivity index (χ4n) is 3.20. The zero-order valence-electron chi connectivity index (χ0n) is 12.5. The fraction of sp³-hybridized carbons (Fsp3) is 1.00. The minimum atomic E-state index is 0.707. The molecule has 1 aliphatic rings. The third-order valence-corrected chi connectivity index (χ3v) is 4.18. The van der Waals surface area contributed by atoms with Gasteiger partial charge < -0.3 is 5.32 Å². The molecule has 1 fully saturated rings. The molecule has 0 aliphatic carbocycles. The van der Waals surface area contributed by atoms with Crippen molar-refractivity contribution in [3.63, 3.8) is 0 Å². The first-order valence-electron chi connectivity index (χ1n) is 7.61. The number of nitrogens with zero attached hydrogens (tertiary/aromatic N) is 1. The van der Waals surface area contributed by atoms with Crippen molar-refractivity contribution in [2.45, 2.75) is 78.4 Å². The number of hydrogen-bond donors (Lipinski definition) is 1. The summed E-state index contributed by atoms with van der Waals surface area (Å²) in [5.74, 6) is 0.800. The van der Waals surface area contributed by atoms with Gasteiger partial charge in [0.05, 0.1) is 0 Å². The molecule has 0 spiro atoms. The van der Waals surface area contributed by atoms with Crippen LogP contribution >= 0.6 is 0 Å². The van der Waals surface area contributed by atoms with E-state index >= 15 is 0 Å². The first-order chi connectivity index (χ1) is 8.12. The Bertz CT molecular complexity index is 192. The second kappa shape index (κ2) is 7.38. The summed E-state index contributed by atoms with van der Waals surface area (Å²) in [4.78, 5) is 2.78. The Morgan fingerprint density at radius 2 is 1.82 bits per heavy atom. The second-order valence-electron chi connectivity index (χ2n) is 5.96. The van der Waals surface area contributed by atoms with Crippen LogP contribution in [0.25, 0.3) is 0 Å². The molecule has 2 heteroatoms. The first kappa shape index (κ1) is 15.0. The molecule has 1 saturated heterocycles. The van der Waals surface area contributed by atoms with Crippen LogP contribution in [0.15, 0.2) is 0 Å². The smallest absolute Gasteiger partial charge is 0.0221 e. The Morgan fingerprint density at radius 1 is 1.18 bits per heavy atom. The van der Waals surface area contributed by atoms with Crippen LogP contribution < -0.4 is 5.32 Å². The minimum Gasteiger partial charge on any atom is -0.311 e.